The molecule has 5 rings (SSSR count). The third kappa shape index (κ3) is 3.32. The van der Waals surface area contributed by atoms with Crippen molar-refractivity contribution in [1.29, 1.82) is 5.26 Å². The molecule has 1 amide bonds. The van der Waals surface area contributed by atoms with Crippen molar-refractivity contribution in [3.8, 4) is 28.5 Å². The summed E-state index contributed by atoms with van der Waals surface area (Å²) < 4.78 is 1.55. The van der Waals surface area contributed by atoms with E-state index in [-0.39, 0.29) is 11.8 Å². The fraction of sp³-hybridized carbons (Fsp3) is 0.0741. The third-order valence-electron chi connectivity index (χ3n) is 5.84. The number of aromatic nitrogens is 1. The van der Waals surface area contributed by atoms with Crippen LogP contribution in [0.15, 0.2) is 85.1 Å². The monoisotopic (exact) mass is 451 g/mol. The van der Waals surface area contributed by atoms with Gasteiger partial charge in [0, 0.05) is 40.4 Å². The molecule has 0 saturated carbocycles. The Morgan fingerprint density at radius 3 is 2.24 bits per heavy atom. The van der Waals surface area contributed by atoms with Gasteiger partial charge in [0.1, 0.15) is 0 Å². The molecular formula is C27H18ClN3O2. The fourth-order valence-corrected chi connectivity index (χ4v) is 4.58. The molecule has 0 N–H and O–H groups in total. The summed E-state index contributed by atoms with van der Waals surface area (Å²) in [6, 6.07) is 25.0. The van der Waals surface area contributed by atoms with Crippen LogP contribution in [0.1, 0.15) is 33.7 Å². The molecule has 1 aliphatic rings. The fourth-order valence-electron chi connectivity index (χ4n) is 4.41. The molecule has 1 unspecified atom stereocenters. The standard InChI is InChI=1S/C27H18ClN3O2/c1-17(32)30-16-22(18-8-4-2-5-9-18)25-24(15-29)31(27(33)19-10-6-3-7-11-19)23-14-20(28)12-13-21(23)26(25)30/h2-14,16,24H,1H3. The highest BCUT2D eigenvalue weighted by molar-refractivity contribution is 6.31. The van der Waals surface area contributed by atoms with Gasteiger partial charge in [-0.05, 0) is 35.9 Å². The summed E-state index contributed by atoms with van der Waals surface area (Å²) >= 11 is 6.32. The van der Waals surface area contributed by atoms with Gasteiger partial charge in [-0.2, -0.15) is 5.26 Å². The second-order valence-corrected chi connectivity index (χ2v) is 8.23. The number of nitriles is 1. The number of benzene rings is 3. The first-order valence-corrected chi connectivity index (χ1v) is 10.8. The summed E-state index contributed by atoms with van der Waals surface area (Å²) in [7, 11) is 0. The first-order valence-electron chi connectivity index (χ1n) is 10.4. The van der Waals surface area contributed by atoms with Gasteiger partial charge in [-0.15, -0.1) is 0 Å². The number of hydrogen-bond donors (Lipinski definition) is 0. The zero-order valence-electron chi connectivity index (χ0n) is 17.7. The predicted molar refractivity (Wildman–Crippen MR) is 128 cm³/mol. The molecule has 0 aliphatic carbocycles. The largest absolute Gasteiger partial charge is 0.287 e. The minimum atomic E-state index is -0.950. The Bertz CT molecular complexity index is 1440. The summed E-state index contributed by atoms with van der Waals surface area (Å²) in [5.74, 6) is -0.500. The number of fused-ring (bicyclic) bond motifs is 3. The van der Waals surface area contributed by atoms with Crippen molar-refractivity contribution in [1.82, 2.24) is 4.57 Å². The van der Waals surface area contributed by atoms with Crippen molar-refractivity contribution in [3.05, 3.63) is 101 Å². The van der Waals surface area contributed by atoms with Crippen LogP contribution in [0.5, 0.6) is 0 Å². The van der Waals surface area contributed by atoms with Crippen molar-refractivity contribution in [2.24, 2.45) is 0 Å². The number of rotatable bonds is 2. The highest BCUT2D eigenvalue weighted by Gasteiger charge is 2.40. The van der Waals surface area contributed by atoms with Gasteiger partial charge < -0.3 is 0 Å². The van der Waals surface area contributed by atoms with E-state index in [0.717, 1.165) is 11.1 Å². The number of halogens is 1. The first-order chi connectivity index (χ1) is 16.0. The minimum Gasteiger partial charge on any atom is -0.287 e. The molecule has 3 aromatic carbocycles. The Morgan fingerprint density at radius 1 is 0.939 bits per heavy atom. The van der Waals surface area contributed by atoms with Gasteiger partial charge in [0.15, 0.2) is 6.04 Å². The van der Waals surface area contributed by atoms with Crippen molar-refractivity contribution < 1.29 is 9.59 Å². The summed E-state index contributed by atoms with van der Waals surface area (Å²) in [4.78, 5) is 27.8. The Labute approximate surface area is 196 Å². The molecule has 0 bridgehead atoms. The number of nitrogens with zero attached hydrogens (tertiary/aromatic N) is 3. The molecule has 1 aliphatic heterocycles. The zero-order valence-corrected chi connectivity index (χ0v) is 18.5. The zero-order chi connectivity index (χ0) is 23.1. The van der Waals surface area contributed by atoms with Gasteiger partial charge >= 0.3 is 0 Å². The van der Waals surface area contributed by atoms with Gasteiger partial charge in [0.05, 0.1) is 17.5 Å². The van der Waals surface area contributed by atoms with Crippen LogP contribution in [0.3, 0.4) is 0 Å². The lowest BCUT2D eigenvalue weighted by molar-refractivity contribution is 0.0938. The molecule has 160 valence electrons. The molecular weight excluding hydrogens is 434 g/mol. The lowest BCUT2D eigenvalue weighted by Gasteiger charge is -2.35. The predicted octanol–water partition coefficient (Wildman–Crippen LogP) is 6.36. The quantitative estimate of drug-likeness (QED) is 0.356. The lowest BCUT2D eigenvalue weighted by Crippen LogP contribution is -2.37. The third-order valence-corrected chi connectivity index (χ3v) is 6.07. The highest BCUT2D eigenvalue weighted by atomic mass is 35.5. The smallest absolute Gasteiger partial charge is 0.259 e. The maximum atomic E-state index is 13.7. The van der Waals surface area contributed by atoms with Crippen LogP contribution in [-0.4, -0.2) is 16.4 Å². The van der Waals surface area contributed by atoms with Crippen LogP contribution < -0.4 is 4.90 Å². The lowest BCUT2D eigenvalue weighted by atomic mass is 9.89. The summed E-state index contributed by atoms with van der Waals surface area (Å²) in [5.41, 5.74) is 4.45. The van der Waals surface area contributed by atoms with Crippen molar-refractivity contribution >= 4 is 29.1 Å². The van der Waals surface area contributed by atoms with E-state index < -0.39 is 6.04 Å². The Morgan fingerprint density at radius 2 is 1.61 bits per heavy atom. The van der Waals surface area contributed by atoms with Crippen LogP contribution in [0.4, 0.5) is 5.69 Å². The van der Waals surface area contributed by atoms with Gasteiger partial charge in [0.2, 0.25) is 5.91 Å². The van der Waals surface area contributed by atoms with E-state index >= 15 is 0 Å². The highest BCUT2D eigenvalue weighted by Crippen LogP contribution is 2.50. The SMILES string of the molecule is CC(=O)n1cc(-c2ccccc2)c2c1-c1ccc(Cl)cc1N(C(=O)c1ccccc1)C2C#N. The molecule has 33 heavy (non-hydrogen) atoms. The normalized spacial score (nSPS) is 14.2. The molecule has 0 radical (unpaired) electrons. The van der Waals surface area contributed by atoms with Gasteiger partial charge in [-0.3, -0.25) is 19.1 Å². The number of hydrogen-bond acceptors (Lipinski definition) is 3. The van der Waals surface area contributed by atoms with Crippen LogP contribution >= 0.6 is 11.6 Å². The van der Waals surface area contributed by atoms with Gasteiger partial charge in [-0.1, -0.05) is 60.1 Å². The van der Waals surface area contributed by atoms with Crippen molar-refractivity contribution in [2.75, 3.05) is 4.90 Å². The number of carbonyl (C=O) groups excluding carboxylic acids is 2. The molecule has 1 atom stereocenters. The molecule has 6 heteroatoms. The summed E-state index contributed by atoms with van der Waals surface area (Å²) in [6.07, 6.45) is 1.75. The van der Waals surface area contributed by atoms with E-state index in [9.17, 15) is 14.9 Å². The Balaban J connectivity index is 1.85. The number of anilines is 1. The molecule has 4 aromatic rings. The summed E-state index contributed by atoms with van der Waals surface area (Å²) in [6.45, 7) is 1.48. The van der Waals surface area contributed by atoms with Gasteiger partial charge in [-0.25, -0.2) is 0 Å². The average Bonchev–Trinajstić information content (AvgIpc) is 3.24. The Hall–Kier alpha value is -4.14. The molecule has 0 spiro atoms. The maximum absolute atomic E-state index is 13.7. The van der Waals surface area contributed by atoms with Gasteiger partial charge in [0.25, 0.3) is 5.91 Å². The van der Waals surface area contributed by atoms with E-state index in [4.69, 9.17) is 11.6 Å². The van der Waals surface area contributed by atoms with Crippen LogP contribution in [-0.2, 0) is 0 Å². The molecule has 0 fully saturated rings. The van der Waals surface area contributed by atoms with Crippen molar-refractivity contribution in [2.45, 2.75) is 13.0 Å². The average molecular weight is 452 g/mol. The van der Waals surface area contributed by atoms with E-state index in [2.05, 4.69) is 6.07 Å². The maximum Gasteiger partial charge on any atom is 0.259 e. The molecule has 2 heterocycles. The first kappa shape index (κ1) is 20.7. The number of carbonyl (C=O) groups is 2. The van der Waals surface area contributed by atoms with Crippen molar-refractivity contribution in [3.63, 3.8) is 0 Å². The van der Waals surface area contributed by atoms with E-state index in [1.165, 1.54) is 11.8 Å². The topological polar surface area (TPSA) is 66.1 Å². The van der Waals surface area contributed by atoms with E-state index in [1.807, 2.05) is 36.4 Å². The van der Waals surface area contributed by atoms with E-state index in [1.54, 1.807) is 53.2 Å². The van der Waals surface area contributed by atoms with E-state index in [0.29, 0.717) is 33.1 Å². The minimum absolute atomic E-state index is 0.186. The van der Waals surface area contributed by atoms with Crippen LogP contribution in [0.2, 0.25) is 5.02 Å². The summed E-state index contributed by atoms with van der Waals surface area (Å²) in [5, 5.41) is 10.8. The number of amides is 1. The van der Waals surface area contributed by atoms with Crippen LogP contribution in [0.25, 0.3) is 22.4 Å². The molecule has 1 aromatic heterocycles. The van der Waals surface area contributed by atoms with Crippen LogP contribution in [0, 0.1) is 11.3 Å². The Kier molecular flexibility index (Phi) is 5.08. The second-order valence-electron chi connectivity index (χ2n) is 7.79. The second kappa shape index (κ2) is 8.09. The molecule has 5 nitrogen and oxygen atoms in total. The molecule has 0 saturated heterocycles.